The molecule has 13 heteroatoms. The predicted molar refractivity (Wildman–Crippen MR) is 141 cm³/mol. The van der Waals surface area contributed by atoms with Gasteiger partial charge in [0, 0.05) is 16.7 Å². The van der Waals surface area contributed by atoms with Crippen LogP contribution in [0.3, 0.4) is 0 Å². The molecule has 242 valence electrons. The van der Waals surface area contributed by atoms with E-state index in [9.17, 15) is 8.78 Å². The number of hydrogen-bond donors (Lipinski definition) is 0. The van der Waals surface area contributed by atoms with Crippen molar-refractivity contribution in [2.45, 2.75) is 85.0 Å². The summed E-state index contributed by atoms with van der Waals surface area (Å²) >= 11 is 0. The van der Waals surface area contributed by atoms with Crippen molar-refractivity contribution in [1.29, 1.82) is 0 Å². The van der Waals surface area contributed by atoms with Gasteiger partial charge < -0.3 is 0 Å². The van der Waals surface area contributed by atoms with Gasteiger partial charge in [-0.2, -0.15) is 0 Å². The minimum absolute atomic E-state index is 0.0143. The van der Waals surface area contributed by atoms with Gasteiger partial charge in [-0.05, 0) is 37.5 Å². The summed E-state index contributed by atoms with van der Waals surface area (Å²) in [4.78, 5) is -0.864. The Hall–Kier alpha value is -3.38. The van der Waals surface area contributed by atoms with Crippen LogP contribution in [0.1, 0.15) is 95.2 Å². The molecular formula is C31H29F12N. The number of hydrogen-bond acceptors (Lipinski definition) is 1. The SMILES string of the molecule is CCCc1c(F)c(F)c(N(c2c(F)c(F)c(C(C)CCC)c(F)c2F)c2c(F)c(F)c(F)c(C(CC)CC)c2F)c(F)c1F. The Balaban J connectivity index is 2.68. The molecule has 0 aliphatic heterocycles. The topological polar surface area (TPSA) is 3.24 Å². The van der Waals surface area contributed by atoms with E-state index in [1.54, 1.807) is 6.92 Å². The Morgan fingerprint density at radius 1 is 0.455 bits per heavy atom. The molecule has 0 aliphatic rings. The van der Waals surface area contributed by atoms with Gasteiger partial charge in [-0.15, -0.1) is 0 Å². The highest BCUT2D eigenvalue weighted by molar-refractivity contribution is 5.80. The maximum atomic E-state index is 16.1. The molecule has 1 unspecified atom stereocenters. The second-order valence-corrected chi connectivity index (χ2v) is 10.4. The molecule has 0 N–H and O–H groups in total. The first-order valence-corrected chi connectivity index (χ1v) is 14.0. The van der Waals surface area contributed by atoms with Gasteiger partial charge in [0.05, 0.1) is 0 Å². The molecule has 44 heavy (non-hydrogen) atoms. The zero-order chi connectivity index (χ0) is 33.4. The van der Waals surface area contributed by atoms with Gasteiger partial charge in [0.1, 0.15) is 17.1 Å². The van der Waals surface area contributed by atoms with Crippen molar-refractivity contribution in [2.24, 2.45) is 0 Å². The fraction of sp³-hybridized carbons (Fsp3) is 0.419. The molecule has 3 rings (SSSR count). The number of benzene rings is 3. The van der Waals surface area contributed by atoms with Crippen LogP contribution in [0.25, 0.3) is 0 Å². The van der Waals surface area contributed by atoms with Crippen LogP contribution >= 0.6 is 0 Å². The molecule has 0 fully saturated rings. The molecule has 1 atom stereocenters. The third-order valence-electron chi connectivity index (χ3n) is 7.66. The number of nitrogens with zero attached hydrogens (tertiary/aromatic N) is 1. The maximum absolute atomic E-state index is 16.1. The fourth-order valence-corrected chi connectivity index (χ4v) is 5.40. The minimum atomic E-state index is -2.66. The Morgan fingerprint density at radius 2 is 0.841 bits per heavy atom. The van der Waals surface area contributed by atoms with E-state index in [0.717, 1.165) is 0 Å². The van der Waals surface area contributed by atoms with Crippen molar-refractivity contribution in [3.8, 4) is 0 Å². The van der Waals surface area contributed by atoms with Gasteiger partial charge in [0.25, 0.3) is 0 Å². The smallest absolute Gasteiger partial charge is 0.197 e. The molecular weight excluding hydrogens is 614 g/mol. The van der Waals surface area contributed by atoms with Crippen molar-refractivity contribution in [3.05, 3.63) is 86.5 Å². The molecule has 0 bridgehead atoms. The lowest BCUT2D eigenvalue weighted by Crippen LogP contribution is -2.25. The molecule has 0 aliphatic carbocycles. The summed E-state index contributed by atoms with van der Waals surface area (Å²) in [5.74, 6) is -30.5. The average Bonchev–Trinajstić information content (AvgIpc) is 2.98. The zero-order valence-corrected chi connectivity index (χ0v) is 24.4. The van der Waals surface area contributed by atoms with Crippen LogP contribution in [0.4, 0.5) is 69.7 Å². The fourth-order valence-electron chi connectivity index (χ4n) is 5.40. The predicted octanol–water partition coefficient (Wildman–Crippen LogP) is 11.6. The molecule has 0 spiro atoms. The van der Waals surface area contributed by atoms with E-state index in [-0.39, 0.29) is 32.1 Å². The molecule has 3 aromatic rings. The molecule has 0 aromatic heterocycles. The van der Waals surface area contributed by atoms with Gasteiger partial charge in [-0.1, -0.05) is 47.5 Å². The third kappa shape index (κ3) is 5.62. The highest BCUT2D eigenvalue weighted by Crippen LogP contribution is 2.49. The van der Waals surface area contributed by atoms with Crippen LogP contribution < -0.4 is 4.90 Å². The van der Waals surface area contributed by atoms with E-state index in [4.69, 9.17) is 0 Å². The normalized spacial score (nSPS) is 12.4. The third-order valence-corrected chi connectivity index (χ3v) is 7.66. The standard InChI is InChI=1S/C31H29F12N/c1-6-10-12(5)15-19(34)26(41)31(27(42)20(15)35)44(30-24(39)17(32)14(11-7-2)18(33)25(30)40)29-22(37)16(13(8-3)9-4)21(36)23(38)28(29)43/h12-13H,6-11H2,1-5H3. The molecule has 0 amide bonds. The van der Waals surface area contributed by atoms with Crippen molar-refractivity contribution < 1.29 is 52.7 Å². The lowest BCUT2D eigenvalue weighted by molar-refractivity contribution is 0.408. The van der Waals surface area contributed by atoms with E-state index >= 15 is 43.9 Å². The Bertz CT molecular complexity index is 1510. The van der Waals surface area contributed by atoms with Crippen LogP contribution in [0.5, 0.6) is 0 Å². The van der Waals surface area contributed by atoms with Crippen molar-refractivity contribution >= 4 is 17.1 Å². The van der Waals surface area contributed by atoms with Crippen LogP contribution in [-0.4, -0.2) is 0 Å². The number of rotatable bonds is 11. The number of anilines is 3. The van der Waals surface area contributed by atoms with E-state index in [2.05, 4.69) is 0 Å². The van der Waals surface area contributed by atoms with E-state index in [1.165, 1.54) is 27.7 Å². The second kappa shape index (κ2) is 13.7. The molecule has 1 nitrogen and oxygen atoms in total. The zero-order valence-electron chi connectivity index (χ0n) is 24.4. The van der Waals surface area contributed by atoms with Crippen molar-refractivity contribution in [2.75, 3.05) is 4.90 Å². The van der Waals surface area contributed by atoms with Gasteiger partial charge in [0.2, 0.25) is 0 Å². The summed E-state index contributed by atoms with van der Waals surface area (Å²) in [7, 11) is 0. The summed E-state index contributed by atoms with van der Waals surface area (Å²) in [6, 6.07) is 0. The maximum Gasteiger partial charge on any atom is 0.197 e. The summed E-state index contributed by atoms with van der Waals surface area (Å²) in [5, 5.41) is 0. The minimum Gasteiger partial charge on any atom is -0.294 e. The number of halogens is 12. The Morgan fingerprint density at radius 3 is 1.25 bits per heavy atom. The highest BCUT2D eigenvalue weighted by atomic mass is 19.2. The Labute approximate surface area is 246 Å². The summed E-state index contributed by atoms with van der Waals surface area (Å²) < 4.78 is 185. The van der Waals surface area contributed by atoms with Crippen LogP contribution in [-0.2, 0) is 6.42 Å². The first-order valence-electron chi connectivity index (χ1n) is 14.0. The lowest BCUT2D eigenvalue weighted by Gasteiger charge is -2.30. The quantitative estimate of drug-likeness (QED) is 0.114. The first kappa shape index (κ1) is 35.1. The summed E-state index contributed by atoms with van der Waals surface area (Å²) in [6.45, 7) is 6.90. The highest BCUT2D eigenvalue weighted by Gasteiger charge is 2.41. The van der Waals surface area contributed by atoms with Crippen LogP contribution in [0, 0.1) is 69.8 Å². The van der Waals surface area contributed by atoms with E-state index in [1.807, 2.05) is 0 Å². The van der Waals surface area contributed by atoms with Gasteiger partial charge in [-0.3, -0.25) is 4.90 Å². The average molecular weight is 644 g/mol. The largest absolute Gasteiger partial charge is 0.294 e. The molecule has 0 radical (unpaired) electrons. The van der Waals surface area contributed by atoms with E-state index < -0.39 is 127 Å². The van der Waals surface area contributed by atoms with Crippen molar-refractivity contribution in [1.82, 2.24) is 0 Å². The summed E-state index contributed by atoms with van der Waals surface area (Å²) in [6.07, 6.45) is -0.697. The van der Waals surface area contributed by atoms with Crippen molar-refractivity contribution in [3.63, 3.8) is 0 Å². The van der Waals surface area contributed by atoms with E-state index in [0.29, 0.717) is 0 Å². The van der Waals surface area contributed by atoms with Gasteiger partial charge >= 0.3 is 0 Å². The molecule has 0 saturated heterocycles. The van der Waals surface area contributed by atoms with Crippen LogP contribution in [0.15, 0.2) is 0 Å². The molecule has 0 saturated carbocycles. The monoisotopic (exact) mass is 643 g/mol. The second-order valence-electron chi connectivity index (χ2n) is 10.4. The van der Waals surface area contributed by atoms with Crippen LogP contribution in [0.2, 0.25) is 0 Å². The molecule has 0 heterocycles. The van der Waals surface area contributed by atoms with Gasteiger partial charge in [0.15, 0.2) is 69.8 Å². The lowest BCUT2D eigenvalue weighted by atomic mass is 9.91. The van der Waals surface area contributed by atoms with Gasteiger partial charge in [-0.25, -0.2) is 52.7 Å². The Kier molecular flexibility index (Phi) is 10.9. The summed E-state index contributed by atoms with van der Waals surface area (Å²) in [5.41, 5.74) is -10.3. The molecule has 3 aromatic carbocycles. The first-order chi connectivity index (χ1) is 20.6.